The van der Waals surface area contributed by atoms with E-state index in [0.717, 1.165) is 12.0 Å². The molecule has 8 heteroatoms. The number of hydrogen-bond donors (Lipinski definition) is 3. The van der Waals surface area contributed by atoms with Crippen molar-refractivity contribution in [2.45, 2.75) is 31.9 Å². The van der Waals surface area contributed by atoms with Crippen LogP contribution in [0.25, 0.3) is 10.8 Å². The van der Waals surface area contributed by atoms with E-state index in [4.69, 9.17) is 4.74 Å². The highest BCUT2D eigenvalue weighted by Gasteiger charge is 2.25. The van der Waals surface area contributed by atoms with Gasteiger partial charge in [-0.2, -0.15) is 5.10 Å². The van der Waals surface area contributed by atoms with Crippen molar-refractivity contribution in [2.75, 3.05) is 11.9 Å². The van der Waals surface area contributed by atoms with E-state index in [0.29, 0.717) is 29.5 Å². The highest BCUT2D eigenvalue weighted by molar-refractivity contribution is 6.11. The van der Waals surface area contributed by atoms with Crippen molar-refractivity contribution < 1.29 is 14.3 Å². The number of amides is 2. The molecule has 4 rings (SSSR count). The number of aromatic nitrogens is 2. The predicted molar refractivity (Wildman–Crippen MR) is 112 cm³/mol. The Morgan fingerprint density at radius 1 is 1.13 bits per heavy atom. The third-order valence-corrected chi connectivity index (χ3v) is 5.12. The molecule has 0 aliphatic carbocycles. The van der Waals surface area contributed by atoms with E-state index in [9.17, 15) is 14.4 Å². The van der Waals surface area contributed by atoms with Crippen molar-refractivity contribution in [3.63, 3.8) is 0 Å². The van der Waals surface area contributed by atoms with Gasteiger partial charge in [-0.25, -0.2) is 5.10 Å². The van der Waals surface area contributed by atoms with E-state index in [1.54, 1.807) is 30.3 Å². The van der Waals surface area contributed by atoms with Gasteiger partial charge < -0.3 is 15.4 Å². The van der Waals surface area contributed by atoms with Crippen LogP contribution in [-0.2, 0) is 9.53 Å². The minimum absolute atomic E-state index is 0.0534. The van der Waals surface area contributed by atoms with E-state index < -0.39 is 5.91 Å². The van der Waals surface area contributed by atoms with Crippen LogP contribution in [-0.4, -0.2) is 34.7 Å². The molecule has 1 saturated heterocycles. The molecule has 1 fully saturated rings. The zero-order valence-corrected chi connectivity index (χ0v) is 16.5. The zero-order valence-electron chi connectivity index (χ0n) is 16.5. The van der Waals surface area contributed by atoms with Crippen LogP contribution in [0.4, 0.5) is 5.69 Å². The van der Waals surface area contributed by atoms with E-state index in [-0.39, 0.29) is 29.3 Å². The standard InChI is InChI=1S/C22H22N4O4/c1-13(27)23-16-9-10-30-19(12-16)14-5-4-6-15(11-14)24-22(29)20-17-7-2-3-8-18(17)21(28)26-25-20/h2-8,11,16,19H,9-10,12H2,1H3,(H,23,27)(H,24,29)(H,26,28)/t16-,19+/m0/s1. The number of anilines is 1. The Morgan fingerprint density at radius 3 is 2.73 bits per heavy atom. The summed E-state index contributed by atoms with van der Waals surface area (Å²) in [5, 5.41) is 13.0. The van der Waals surface area contributed by atoms with E-state index in [1.165, 1.54) is 6.92 Å². The third-order valence-electron chi connectivity index (χ3n) is 5.12. The van der Waals surface area contributed by atoms with E-state index in [2.05, 4.69) is 20.8 Å². The Morgan fingerprint density at radius 2 is 1.93 bits per heavy atom. The fraction of sp³-hybridized carbons (Fsp3) is 0.273. The molecule has 2 aromatic carbocycles. The number of hydrogen-bond acceptors (Lipinski definition) is 5. The van der Waals surface area contributed by atoms with Gasteiger partial charge in [-0.3, -0.25) is 14.4 Å². The summed E-state index contributed by atoms with van der Waals surface area (Å²) in [6.07, 6.45) is 1.28. The summed E-state index contributed by atoms with van der Waals surface area (Å²) in [7, 11) is 0. The molecule has 0 spiro atoms. The van der Waals surface area contributed by atoms with Gasteiger partial charge in [0.15, 0.2) is 5.69 Å². The summed E-state index contributed by atoms with van der Waals surface area (Å²) < 4.78 is 5.88. The minimum Gasteiger partial charge on any atom is -0.373 e. The summed E-state index contributed by atoms with van der Waals surface area (Å²) in [6, 6.07) is 14.3. The Kier molecular flexibility index (Phi) is 5.58. The fourth-order valence-electron chi connectivity index (χ4n) is 3.74. The smallest absolute Gasteiger partial charge is 0.276 e. The number of aromatic amines is 1. The maximum Gasteiger partial charge on any atom is 0.276 e. The molecule has 2 amide bonds. The third kappa shape index (κ3) is 4.23. The molecular weight excluding hydrogens is 384 g/mol. The lowest BCUT2D eigenvalue weighted by Crippen LogP contribution is -2.38. The number of ether oxygens (including phenoxy) is 1. The fourth-order valence-corrected chi connectivity index (χ4v) is 3.74. The molecule has 2 heterocycles. The van der Waals surface area contributed by atoms with Crippen LogP contribution in [0, 0.1) is 0 Å². The predicted octanol–water partition coefficient (Wildman–Crippen LogP) is 2.53. The van der Waals surface area contributed by atoms with Gasteiger partial charge in [-0.1, -0.05) is 30.3 Å². The van der Waals surface area contributed by atoms with Crippen LogP contribution in [0.1, 0.15) is 41.9 Å². The average Bonchev–Trinajstić information content (AvgIpc) is 2.74. The van der Waals surface area contributed by atoms with Crippen molar-refractivity contribution >= 4 is 28.3 Å². The SMILES string of the molecule is CC(=O)N[C@H]1CCO[C@@H](c2cccc(NC(=O)c3n[nH]c(=O)c4ccccc34)c2)C1. The summed E-state index contributed by atoms with van der Waals surface area (Å²) in [6.45, 7) is 2.06. The van der Waals surface area contributed by atoms with Crippen molar-refractivity contribution in [3.8, 4) is 0 Å². The molecule has 0 unspecified atom stereocenters. The molecule has 8 nitrogen and oxygen atoms in total. The average molecular weight is 406 g/mol. The molecule has 1 aliphatic heterocycles. The molecular formula is C22H22N4O4. The topological polar surface area (TPSA) is 113 Å². The van der Waals surface area contributed by atoms with Gasteiger partial charge in [-0.15, -0.1) is 0 Å². The number of carbonyl (C=O) groups excluding carboxylic acids is 2. The van der Waals surface area contributed by atoms with E-state index >= 15 is 0 Å². The lowest BCUT2D eigenvalue weighted by molar-refractivity contribution is -0.120. The van der Waals surface area contributed by atoms with Crippen molar-refractivity contribution in [2.24, 2.45) is 0 Å². The van der Waals surface area contributed by atoms with Crippen LogP contribution in [0.15, 0.2) is 53.3 Å². The van der Waals surface area contributed by atoms with Crippen LogP contribution < -0.4 is 16.2 Å². The van der Waals surface area contributed by atoms with Crippen LogP contribution in [0.3, 0.4) is 0 Å². The monoisotopic (exact) mass is 406 g/mol. The maximum atomic E-state index is 12.8. The summed E-state index contributed by atoms with van der Waals surface area (Å²) in [4.78, 5) is 36.1. The number of carbonyl (C=O) groups is 2. The Hall–Kier alpha value is -3.52. The quantitative estimate of drug-likeness (QED) is 0.616. The molecule has 1 aliphatic rings. The lowest BCUT2D eigenvalue weighted by Gasteiger charge is -2.30. The molecule has 2 atom stereocenters. The number of benzene rings is 2. The number of nitrogens with one attached hydrogen (secondary N) is 3. The van der Waals surface area contributed by atoms with Crippen LogP contribution >= 0.6 is 0 Å². The van der Waals surface area contributed by atoms with Gasteiger partial charge in [0.1, 0.15) is 0 Å². The molecule has 0 saturated carbocycles. The molecule has 0 radical (unpaired) electrons. The maximum absolute atomic E-state index is 12.8. The molecule has 1 aromatic heterocycles. The minimum atomic E-state index is -0.416. The Balaban J connectivity index is 1.54. The van der Waals surface area contributed by atoms with Gasteiger partial charge in [0, 0.05) is 30.6 Å². The van der Waals surface area contributed by atoms with E-state index in [1.807, 2.05) is 18.2 Å². The second-order valence-corrected chi connectivity index (χ2v) is 7.31. The first kappa shape index (κ1) is 19.8. The molecule has 3 aromatic rings. The van der Waals surface area contributed by atoms with Gasteiger partial charge in [0.05, 0.1) is 11.5 Å². The zero-order chi connectivity index (χ0) is 21.1. The Bertz CT molecular complexity index is 1160. The normalized spacial score (nSPS) is 18.7. The second kappa shape index (κ2) is 8.46. The van der Waals surface area contributed by atoms with Crippen LogP contribution in [0.2, 0.25) is 0 Å². The summed E-state index contributed by atoms with van der Waals surface area (Å²) >= 11 is 0. The number of rotatable bonds is 4. The van der Waals surface area contributed by atoms with Crippen molar-refractivity contribution in [1.29, 1.82) is 0 Å². The lowest BCUT2D eigenvalue weighted by atomic mass is 9.97. The summed E-state index contributed by atoms with van der Waals surface area (Å²) in [5.41, 5.74) is 1.32. The van der Waals surface area contributed by atoms with Gasteiger partial charge in [0.25, 0.3) is 11.5 Å². The molecule has 3 N–H and O–H groups in total. The Labute approximate surface area is 172 Å². The molecule has 0 bridgehead atoms. The number of fused-ring (bicyclic) bond motifs is 1. The van der Waals surface area contributed by atoms with Crippen molar-refractivity contribution in [3.05, 3.63) is 70.1 Å². The van der Waals surface area contributed by atoms with Gasteiger partial charge in [-0.05, 0) is 36.6 Å². The van der Waals surface area contributed by atoms with Gasteiger partial charge >= 0.3 is 0 Å². The molecule has 30 heavy (non-hydrogen) atoms. The molecule has 154 valence electrons. The first-order valence-electron chi connectivity index (χ1n) is 9.78. The van der Waals surface area contributed by atoms with Gasteiger partial charge in [0.2, 0.25) is 5.91 Å². The first-order chi connectivity index (χ1) is 14.5. The number of H-pyrrole nitrogens is 1. The number of nitrogens with zero attached hydrogens (tertiary/aromatic N) is 1. The first-order valence-corrected chi connectivity index (χ1v) is 9.78. The largest absolute Gasteiger partial charge is 0.373 e. The van der Waals surface area contributed by atoms with Crippen LogP contribution in [0.5, 0.6) is 0 Å². The highest BCUT2D eigenvalue weighted by atomic mass is 16.5. The highest BCUT2D eigenvalue weighted by Crippen LogP contribution is 2.29. The summed E-state index contributed by atoms with van der Waals surface area (Å²) in [5.74, 6) is -0.470. The van der Waals surface area contributed by atoms with Crippen molar-refractivity contribution in [1.82, 2.24) is 15.5 Å². The second-order valence-electron chi connectivity index (χ2n) is 7.31.